The van der Waals surface area contributed by atoms with E-state index in [1.165, 1.54) is 15.4 Å². The molecular weight excluding hydrogens is 432 g/mol. The number of rotatable bonds is 4. The first-order valence-corrected chi connectivity index (χ1v) is 12.8. The van der Waals surface area contributed by atoms with Gasteiger partial charge in [-0.3, -0.25) is 4.79 Å². The summed E-state index contributed by atoms with van der Waals surface area (Å²) in [5.74, 6) is -0.536. The second-order valence-corrected chi connectivity index (χ2v) is 11.0. The van der Waals surface area contributed by atoms with E-state index in [1.807, 2.05) is 48.2 Å². The van der Waals surface area contributed by atoms with Crippen molar-refractivity contribution in [2.45, 2.75) is 30.7 Å². The number of carbonyl (C=O) groups excluding carboxylic acids is 1. The van der Waals surface area contributed by atoms with Crippen LogP contribution in [0.15, 0.2) is 83.8 Å². The van der Waals surface area contributed by atoms with Gasteiger partial charge in [-0.1, -0.05) is 72.3 Å². The van der Waals surface area contributed by atoms with Crippen molar-refractivity contribution in [3.05, 3.63) is 101 Å². The number of nitrogens with zero attached hydrogens (tertiary/aromatic N) is 2. The molecule has 2 atom stereocenters. The molecule has 1 fully saturated rings. The van der Waals surface area contributed by atoms with Crippen LogP contribution < -0.4 is 0 Å². The maximum absolute atomic E-state index is 13.8. The average molecular weight is 461 g/mol. The Hall–Kier alpha value is -2.96. The van der Waals surface area contributed by atoms with Crippen LogP contribution in [0.3, 0.4) is 0 Å². The SMILES string of the molecule is Cc1ccc(C2CN(S(=O)(=O)c3ccccc3)CC2C(=O)N2CCc3ccccc3C2)cc1. The molecule has 33 heavy (non-hydrogen) atoms. The molecule has 2 unspecified atom stereocenters. The Morgan fingerprint density at radius 2 is 1.52 bits per heavy atom. The molecule has 5 nitrogen and oxygen atoms in total. The predicted octanol–water partition coefficient (Wildman–Crippen LogP) is 3.98. The summed E-state index contributed by atoms with van der Waals surface area (Å²) < 4.78 is 28.2. The van der Waals surface area contributed by atoms with E-state index in [0.29, 0.717) is 19.6 Å². The summed E-state index contributed by atoms with van der Waals surface area (Å²) in [6, 6.07) is 24.9. The van der Waals surface area contributed by atoms with E-state index in [9.17, 15) is 13.2 Å². The quantitative estimate of drug-likeness (QED) is 0.592. The van der Waals surface area contributed by atoms with Gasteiger partial charge in [-0.15, -0.1) is 0 Å². The van der Waals surface area contributed by atoms with Crippen LogP contribution in [0.5, 0.6) is 0 Å². The zero-order valence-corrected chi connectivity index (χ0v) is 19.5. The van der Waals surface area contributed by atoms with Crippen LogP contribution in [0, 0.1) is 12.8 Å². The van der Waals surface area contributed by atoms with Crippen LogP contribution in [-0.2, 0) is 27.8 Å². The van der Waals surface area contributed by atoms with Gasteiger partial charge in [-0.25, -0.2) is 8.42 Å². The summed E-state index contributed by atoms with van der Waals surface area (Å²) in [4.78, 5) is 16.0. The molecule has 2 aliphatic heterocycles. The van der Waals surface area contributed by atoms with Crippen molar-refractivity contribution in [3.63, 3.8) is 0 Å². The molecular formula is C27H28N2O3S. The van der Waals surface area contributed by atoms with Crippen LogP contribution in [0.1, 0.15) is 28.2 Å². The van der Waals surface area contributed by atoms with Gasteiger partial charge in [0.15, 0.2) is 0 Å². The van der Waals surface area contributed by atoms with E-state index in [2.05, 4.69) is 12.1 Å². The van der Waals surface area contributed by atoms with Gasteiger partial charge >= 0.3 is 0 Å². The fraction of sp³-hybridized carbons (Fsp3) is 0.296. The van der Waals surface area contributed by atoms with E-state index in [1.54, 1.807) is 30.3 Å². The number of sulfonamides is 1. The fourth-order valence-corrected chi connectivity index (χ4v) is 6.54. The molecule has 0 radical (unpaired) electrons. The predicted molar refractivity (Wildman–Crippen MR) is 128 cm³/mol. The highest BCUT2D eigenvalue weighted by atomic mass is 32.2. The van der Waals surface area contributed by atoms with Crippen molar-refractivity contribution < 1.29 is 13.2 Å². The summed E-state index contributed by atoms with van der Waals surface area (Å²) in [6.07, 6.45) is 0.829. The molecule has 1 saturated heterocycles. The van der Waals surface area contributed by atoms with Crippen LogP contribution in [-0.4, -0.2) is 43.2 Å². The van der Waals surface area contributed by atoms with Crippen LogP contribution in [0.25, 0.3) is 0 Å². The summed E-state index contributed by atoms with van der Waals surface area (Å²) in [5, 5.41) is 0. The van der Waals surface area contributed by atoms with Crippen molar-refractivity contribution in [3.8, 4) is 0 Å². The Labute approximate surface area is 195 Å². The molecule has 0 spiro atoms. The molecule has 3 aromatic carbocycles. The molecule has 2 heterocycles. The van der Waals surface area contributed by atoms with Crippen molar-refractivity contribution in [2.75, 3.05) is 19.6 Å². The Balaban J connectivity index is 1.46. The third-order valence-electron chi connectivity index (χ3n) is 6.93. The first kappa shape index (κ1) is 21.9. The van der Waals surface area contributed by atoms with Gasteiger partial charge in [0.1, 0.15) is 0 Å². The van der Waals surface area contributed by atoms with Crippen molar-refractivity contribution in [1.82, 2.24) is 9.21 Å². The first-order valence-electron chi connectivity index (χ1n) is 11.4. The molecule has 3 aromatic rings. The zero-order chi connectivity index (χ0) is 23.0. The second-order valence-electron chi connectivity index (χ2n) is 9.04. The minimum absolute atomic E-state index is 0.0424. The molecule has 0 aliphatic carbocycles. The minimum Gasteiger partial charge on any atom is -0.338 e. The third kappa shape index (κ3) is 4.21. The Morgan fingerprint density at radius 1 is 0.848 bits per heavy atom. The molecule has 5 rings (SSSR count). The maximum atomic E-state index is 13.8. The molecule has 1 amide bonds. The lowest BCUT2D eigenvalue weighted by atomic mass is 9.87. The molecule has 0 saturated carbocycles. The smallest absolute Gasteiger partial charge is 0.243 e. The fourth-order valence-electron chi connectivity index (χ4n) is 5.03. The lowest BCUT2D eigenvalue weighted by Crippen LogP contribution is -2.42. The molecule has 170 valence electrons. The number of fused-ring (bicyclic) bond motifs is 1. The number of aryl methyl sites for hydroxylation is 1. The van der Waals surface area contributed by atoms with Gasteiger partial charge in [-0.05, 0) is 42.2 Å². The average Bonchev–Trinajstić information content (AvgIpc) is 3.30. The standard InChI is InChI=1S/C27H28N2O3S/c1-20-11-13-22(14-12-20)25-18-29(33(31,32)24-9-3-2-4-10-24)19-26(25)27(30)28-16-15-21-7-5-6-8-23(21)17-28/h2-14,25-26H,15-19H2,1H3. The lowest BCUT2D eigenvalue weighted by molar-refractivity contribution is -0.136. The van der Waals surface area contributed by atoms with Crippen molar-refractivity contribution in [2.24, 2.45) is 5.92 Å². The van der Waals surface area contributed by atoms with Gasteiger partial charge in [0.05, 0.1) is 10.8 Å². The summed E-state index contributed by atoms with van der Waals surface area (Å²) >= 11 is 0. The summed E-state index contributed by atoms with van der Waals surface area (Å²) in [7, 11) is -3.67. The van der Waals surface area contributed by atoms with E-state index in [0.717, 1.165) is 17.5 Å². The number of carbonyl (C=O) groups is 1. The zero-order valence-electron chi connectivity index (χ0n) is 18.7. The van der Waals surface area contributed by atoms with Crippen LogP contribution >= 0.6 is 0 Å². The molecule has 0 bridgehead atoms. The second kappa shape index (κ2) is 8.76. The Kier molecular flexibility index (Phi) is 5.81. The third-order valence-corrected chi connectivity index (χ3v) is 8.78. The number of hydrogen-bond donors (Lipinski definition) is 0. The summed E-state index contributed by atoms with van der Waals surface area (Å²) in [6.45, 7) is 3.78. The van der Waals surface area contributed by atoms with Gasteiger partial charge in [0.2, 0.25) is 15.9 Å². The van der Waals surface area contributed by atoms with E-state index in [-0.39, 0.29) is 23.3 Å². The van der Waals surface area contributed by atoms with Crippen molar-refractivity contribution >= 4 is 15.9 Å². The topological polar surface area (TPSA) is 57.7 Å². The Bertz CT molecular complexity index is 1260. The maximum Gasteiger partial charge on any atom is 0.243 e. The van der Waals surface area contributed by atoms with E-state index in [4.69, 9.17) is 0 Å². The first-order chi connectivity index (χ1) is 15.9. The summed E-state index contributed by atoms with van der Waals surface area (Å²) in [5.41, 5.74) is 4.62. The number of benzene rings is 3. The normalized spacial score (nSPS) is 21.1. The van der Waals surface area contributed by atoms with Gasteiger partial charge in [0.25, 0.3) is 0 Å². The molecule has 6 heteroatoms. The highest BCUT2D eigenvalue weighted by molar-refractivity contribution is 7.89. The highest BCUT2D eigenvalue weighted by Gasteiger charge is 2.45. The molecule has 0 N–H and O–H groups in total. The van der Waals surface area contributed by atoms with Crippen LogP contribution in [0.4, 0.5) is 0 Å². The van der Waals surface area contributed by atoms with Gasteiger partial charge < -0.3 is 4.90 Å². The number of amides is 1. The van der Waals surface area contributed by atoms with Crippen LogP contribution in [0.2, 0.25) is 0 Å². The molecule has 2 aliphatic rings. The highest BCUT2D eigenvalue weighted by Crippen LogP contribution is 2.37. The van der Waals surface area contributed by atoms with Gasteiger partial charge in [0, 0.05) is 32.1 Å². The van der Waals surface area contributed by atoms with Gasteiger partial charge in [-0.2, -0.15) is 4.31 Å². The lowest BCUT2D eigenvalue weighted by Gasteiger charge is -2.32. The minimum atomic E-state index is -3.67. The van der Waals surface area contributed by atoms with E-state index < -0.39 is 15.9 Å². The van der Waals surface area contributed by atoms with Crippen molar-refractivity contribution in [1.29, 1.82) is 0 Å². The largest absolute Gasteiger partial charge is 0.338 e. The monoisotopic (exact) mass is 460 g/mol. The number of hydrogen-bond acceptors (Lipinski definition) is 3. The molecule has 0 aromatic heterocycles. The van der Waals surface area contributed by atoms with E-state index >= 15 is 0 Å². The Morgan fingerprint density at radius 3 is 2.24 bits per heavy atom.